The van der Waals surface area contributed by atoms with E-state index in [4.69, 9.17) is 9.47 Å². The van der Waals surface area contributed by atoms with Crippen LogP contribution >= 0.6 is 0 Å². The van der Waals surface area contributed by atoms with Crippen LogP contribution in [0.2, 0.25) is 0 Å². The first-order chi connectivity index (χ1) is 16.8. The van der Waals surface area contributed by atoms with Crippen molar-refractivity contribution in [3.63, 3.8) is 0 Å². The number of amides is 2. The number of Topliss-reactive ketones (excluding diaryl/α,β-unsaturated/α-hetero) is 1. The first-order valence-electron chi connectivity index (χ1n) is 10.7. The number of hydrogen-bond donors (Lipinski definition) is 2. The SMILES string of the molecule is COc1ccc(/C(O)=C2\C(=O)C(=O)N(c3cccc(NC(C)=O)c3)C2c2cccnc2)cc1OC. The van der Waals surface area contributed by atoms with Gasteiger partial charge in [-0.3, -0.25) is 24.3 Å². The number of aromatic nitrogens is 1. The van der Waals surface area contributed by atoms with E-state index in [0.717, 1.165) is 0 Å². The average molecular weight is 473 g/mol. The van der Waals surface area contributed by atoms with Crippen LogP contribution < -0.4 is 19.7 Å². The van der Waals surface area contributed by atoms with Crippen molar-refractivity contribution >= 4 is 34.7 Å². The summed E-state index contributed by atoms with van der Waals surface area (Å²) in [7, 11) is 2.94. The summed E-state index contributed by atoms with van der Waals surface area (Å²) in [5, 5.41) is 13.9. The largest absolute Gasteiger partial charge is 0.507 e. The molecule has 2 heterocycles. The first-order valence-corrected chi connectivity index (χ1v) is 10.7. The summed E-state index contributed by atoms with van der Waals surface area (Å²) < 4.78 is 10.6. The summed E-state index contributed by atoms with van der Waals surface area (Å²) in [6.07, 6.45) is 3.10. The summed E-state index contributed by atoms with van der Waals surface area (Å²) in [5.41, 5.74) is 1.54. The second kappa shape index (κ2) is 9.68. The van der Waals surface area contributed by atoms with Crippen molar-refractivity contribution in [3.05, 3.63) is 83.7 Å². The summed E-state index contributed by atoms with van der Waals surface area (Å²) in [4.78, 5) is 43.5. The van der Waals surface area contributed by atoms with Crippen molar-refractivity contribution in [3.8, 4) is 11.5 Å². The van der Waals surface area contributed by atoms with Gasteiger partial charge in [0.1, 0.15) is 5.76 Å². The summed E-state index contributed by atoms with van der Waals surface area (Å²) >= 11 is 0. The van der Waals surface area contributed by atoms with E-state index in [9.17, 15) is 19.5 Å². The van der Waals surface area contributed by atoms with Crippen LogP contribution in [0.1, 0.15) is 24.1 Å². The van der Waals surface area contributed by atoms with Gasteiger partial charge in [-0.2, -0.15) is 0 Å². The Morgan fingerprint density at radius 3 is 2.46 bits per heavy atom. The number of methoxy groups -OCH3 is 2. The number of rotatable bonds is 6. The number of benzene rings is 2. The molecule has 2 aromatic carbocycles. The van der Waals surface area contributed by atoms with Crippen molar-refractivity contribution in [1.82, 2.24) is 4.98 Å². The second-order valence-electron chi connectivity index (χ2n) is 7.76. The normalized spacial score (nSPS) is 16.8. The molecule has 0 bridgehead atoms. The maximum absolute atomic E-state index is 13.3. The molecular formula is C26H23N3O6. The van der Waals surface area contributed by atoms with Gasteiger partial charge in [-0.1, -0.05) is 12.1 Å². The minimum atomic E-state index is -0.954. The van der Waals surface area contributed by atoms with Crippen LogP contribution in [0.25, 0.3) is 5.76 Å². The van der Waals surface area contributed by atoms with Gasteiger partial charge < -0.3 is 19.9 Å². The fraction of sp³-hybridized carbons (Fsp3) is 0.154. The zero-order chi connectivity index (χ0) is 25.1. The van der Waals surface area contributed by atoms with Crippen molar-refractivity contribution in [1.29, 1.82) is 0 Å². The van der Waals surface area contributed by atoms with Gasteiger partial charge in [-0.25, -0.2) is 0 Å². The molecule has 35 heavy (non-hydrogen) atoms. The average Bonchev–Trinajstić information content (AvgIpc) is 3.13. The number of aliphatic hydroxyl groups is 1. The number of carbonyl (C=O) groups excluding carboxylic acids is 3. The molecule has 1 unspecified atom stereocenters. The third-order valence-electron chi connectivity index (χ3n) is 5.55. The minimum absolute atomic E-state index is 0.0971. The third kappa shape index (κ3) is 4.43. The predicted octanol–water partition coefficient (Wildman–Crippen LogP) is 3.68. The molecule has 4 rings (SSSR count). The molecule has 178 valence electrons. The van der Waals surface area contributed by atoms with Gasteiger partial charge in [0.2, 0.25) is 5.91 Å². The molecule has 0 aliphatic carbocycles. The number of nitrogens with one attached hydrogen (secondary N) is 1. The number of pyridine rings is 1. The number of carbonyl (C=O) groups is 3. The number of nitrogens with zero attached hydrogens (tertiary/aromatic N) is 2. The Morgan fingerprint density at radius 1 is 1.03 bits per heavy atom. The van der Waals surface area contributed by atoms with E-state index in [0.29, 0.717) is 28.4 Å². The summed E-state index contributed by atoms with van der Waals surface area (Å²) in [6, 6.07) is 13.7. The molecule has 1 aliphatic rings. The highest BCUT2D eigenvalue weighted by Gasteiger charge is 2.47. The zero-order valence-electron chi connectivity index (χ0n) is 19.3. The number of anilines is 2. The fourth-order valence-corrected chi connectivity index (χ4v) is 4.03. The highest BCUT2D eigenvalue weighted by Crippen LogP contribution is 2.43. The van der Waals surface area contributed by atoms with Crippen molar-refractivity contribution in [2.24, 2.45) is 0 Å². The van der Waals surface area contributed by atoms with Crippen LogP contribution in [0.5, 0.6) is 11.5 Å². The summed E-state index contributed by atoms with van der Waals surface area (Å²) in [5.74, 6) is -1.51. The molecule has 1 fully saturated rings. The summed E-state index contributed by atoms with van der Waals surface area (Å²) in [6.45, 7) is 1.37. The van der Waals surface area contributed by atoms with Gasteiger partial charge in [-0.15, -0.1) is 0 Å². The molecule has 3 aromatic rings. The number of ether oxygens (including phenoxy) is 2. The van der Waals surface area contributed by atoms with E-state index in [-0.39, 0.29) is 22.8 Å². The highest BCUT2D eigenvalue weighted by atomic mass is 16.5. The van der Waals surface area contributed by atoms with E-state index < -0.39 is 17.7 Å². The Kier molecular flexibility index (Phi) is 6.50. The van der Waals surface area contributed by atoms with E-state index in [1.807, 2.05) is 0 Å². The highest BCUT2D eigenvalue weighted by molar-refractivity contribution is 6.51. The number of aliphatic hydroxyl groups excluding tert-OH is 1. The number of ketones is 1. The third-order valence-corrected chi connectivity index (χ3v) is 5.55. The lowest BCUT2D eigenvalue weighted by atomic mass is 9.96. The Morgan fingerprint density at radius 2 is 1.80 bits per heavy atom. The monoisotopic (exact) mass is 473 g/mol. The maximum Gasteiger partial charge on any atom is 0.300 e. The topological polar surface area (TPSA) is 118 Å². The van der Waals surface area contributed by atoms with Gasteiger partial charge in [0.25, 0.3) is 11.7 Å². The van der Waals surface area contributed by atoms with Crippen LogP contribution in [0, 0.1) is 0 Å². The Bertz CT molecular complexity index is 1340. The standard InChI is InChI=1S/C26H23N3O6/c1-15(30)28-18-7-4-8-19(13-18)29-23(17-6-5-11-27-14-17)22(25(32)26(29)33)24(31)16-9-10-20(34-2)21(12-16)35-3/h4-14,23,31H,1-3H3,(H,28,30)/b24-22+. The molecule has 2 N–H and O–H groups in total. The van der Waals surface area contributed by atoms with E-state index in [1.165, 1.54) is 38.3 Å². The van der Waals surface area contributed by atoms with E-state index >= 15 is 0 Å². The van der Waals surface area contributed by atoms with Crippen LogP contribution in [0.3, 0.4) is 0 Å². The molecule has 1 aliphatic heterocycles. The zero-order valence-corrected chi connectivity index (χ0v) is 19.3. The Hall–Kier alpha value is -4.66. The van der Waals surface area contributed by atoms with Gasteiger partial charge in [0.05, 0.1) is 25.8 Å². The first kappa shape index (κ1) is 23.5. The van der Waals surface area contributed by atoms with Crippen molar-refractivity contribution < 1.29 is 29.0 Å². The Labute approximate surface area is 201 Å². The minimum Gasteiger partial charge on any atom is -0.507 e. The molecule has 9 nitrogen and oxygen atoms in total. The Balaban J connectivity index is 1.90. The van der Waals surface area contributed by atoms with Crippen LogP contribution in [-0.4, -0.2) is 41.9 Å². The van der Waals surface area contributed by atoms with Gasteiger partial charge in [0.15, 0.2) is 11.5 Å². The lowest BCUT2D eigenvalue weighted by Gasteiger charge is -2.25. The maximum atomic E-state index is 13.3. The van der Waals surface area contributed by atoms with Gasteiger partial charge >= 0.3 is 0 Å². The number of hydrogen-bond acceptors (Lipinski definition) is 7. The molecule has 0 radical (unpaired) electrons. The molecule has 1 atom stereocenters. The smallest absolute Gasteiger partial charge is 0.300 e. The molecule has 0 saturated carbocycles. The van der Waals surface area contributed by atoms with E-state index in [1.54, 1.807) is 54.7 Å². The van der Waals surface area contributed by atoms with Crippen LogP contribution in [-0.2, 0) is 14.4 Å². The van der Waals surface area contributed by atoms with Crippen LogP contribution in [0.4, 0.5) is 11.4 Å². The van der Waals surface area contributed by atoms with Crippen molar-refractivity contribution in [2.75, 3.05) is 24.4 Å². The lowest BCUT2D eigenvalue weighted by molar-refractivity contribution is -0.132. The molecule has 2 amide bonds. The van der Waals surface area contributed by atoms with Gasteiger partial charge in [0, 0.05) is 36.3 Å². The molecule has 0 spiro atoms. The quantitative estimate of drug-likeness (QED) is 0.318. The molecule has 1 saturated heterocycles. The molecule has 9 heteroatoms. The molecular weight excluding hydrogens is 450 g/mol. The van der Waals surface area contributed by atoms with E-state index in [2.05, 4.69) is 10.3 Å². The molecule has 1 aromatic heterocycles. The predicted molar refractivity (Wildman–Crippen MR) is 129 cm³/mol. The lowest BCUT2D eigenvalue weighted by Crippen LogP contribution is -2.29. The van der Waals surface area contributed by atoms with Crippen molar-refractivity contribution in [2.45, 2.75) is 13.0 Å². The fourth-order valence-electron chi connectivity index (χ4n) is 4.03. The van der Waals surface area contributed by atoms with Crippen LogP contribution in [0.15, 0.2) is 72.6 Å². The van der Waals surface area contributed by atoms with Gasteiger partial charge in [-0.05, 0) is 48.0 Å². The second-order valence-corrected chi connectivity index (χ2v) is 7.76.